The van der Waals surface area contributed by atoms with Crippen LogP contribution in [0.3, 0.4) is 0 Å². The molecule has 7 nitrogen and oxygen atoms in total. The quantitative estimate of drug-likeness (QED) is 0.238. The number of fused-ring (bicyclic) bond motifs is 1. The standard InChI is InChI=1S/C30H27ClN4O3/c1-3-20-10-5-8-14-25(20)32-28(36)18-35-29(37)26(33-30(35)38)16-23-19(2)34(27-15-9-6-12-22(23)27)17-21-11-4-7-13-24(21)31/h4-16H,3,17-18H2,1-2H3,(H,32,36)(H,33,38)/b26-16+. The molecule has 2 N–H and O–H groups in total. The molecule has 0 spiro atoms. The van der Waals surface area contributed by atoms with E-state index in [1.807, 2.05) is 80.6 Å². The second-order valence-corrected chi connectivity index (χ2v) is 9.54. The normalized spacial score (nSPS) is 14.4. The molecule has 0 radical (unpaired) electrons. The molecule has 4 amide bonds. The number of halogens is 1. The molecule has 2 heterocycles. The molecule has 3 aromatic carbocycles. The van der Waals surface area contributed by atoms with Gasteiger partial charge in [-0.3, -0.25) is 9.59 Å². The largest absolute Gasteiger partial charge is 0.340 e. The Morgan fingerprint density at radius 3 is 2.42 bits per heavy atom. The molecule has 1 fully saturated rings. The Morgan fingerprint density at radius 2 is 1.66 bits per heavy atom. The second kappa shape index (κ2) is 10.6. The smallest absolute Gasteiger partial charge is 0.329 e. The maximum atomic E-state index is 13.2. The van der Waals surface area contributed by atoms with Crippen molar-refractivity contribution >= 4 is 52.1 Å². The lowest BCUT2D eigenvalue weighted by molar-refractivity contribution is -0.127. The van der Waals surface area contributed by atoms with Crippen LogP contribution in [0.4, 0.5) is 10.5 Å². The lowest BCUT2D eigenvalue weighted by Crippen LogP contribution is -2.38. The van der Waals surface area contributed by atoms with E-state index < -0.39 is 17.8 Å². The van der Waals surface area contributed by atoms with E-state index in [0.717, 1.165) is 44.6 Å². The van der Waals surface area contributed by atoms with Gasteiger partial charge in [-0.2, -0.15) is 0 Å². The van der Waals surface area contributed by atoms with Crippen LogP contribution in [-0.4, -0.2) is 33.9 Å². The number of urea groups is 1. The summed E-state index contributed by atoms with van der Waals surface area (Å²) in [6.07, 6.45) is 2.43. The Kier molecular flexibility index (Phi) is 7.03. The molecular weight excluding hydrogens is 500 g/mol. The number of amides is 4. The van der Waals surface area contributed by atoms with Gasteiger partial charge in [0.2, 0.25) is 5.91 Å². The summed E-state index contributed by atoms with van der Waals surface area (Å²) in [5.74, 6) is -0.987. The van der Waals surface area contributed by atoms with Gasteiger partial charge in [-0.1, -0.05) is 73.1 Å². The summed E-state index contributed by atoms with van der Waals surface area (Å²) in [6.45, 7) is 4.14. The van der Waals surface area contributed by atoms with Gasteiger partial charge >= 0.3 is 6.03 Å². The number of anilines is 1. The van der Waals surface area contributed by atoms with Gasteiger partial charge in [0.05, 0.1) is 0 Å². The number of hydrogen-bond donors (Lipinski definition) is 2. The third-order valence-corrected chi connectivity index (χ3v) is 7.16. The van der Waals surface area contributed by atoms with Gasteiger partial charge < -0.3 is 15.2 Å². The molecule has 4 aromatic rings. The fourth-order valence-electron chi connectivity index (χ4n) is 4.78. The highest BCUT2D eigenvalue weighted by molar-refractivity contribution is 6.31. The first-order chi connectivity index (χ1) is 18.4. The number of para-hydroxylation sites is 2. The summed E-state index contributed by atoms with van der Waals surface area (Å²) < 4.78 is 2.14. The van der Waals surface area contributed by atoms with E-state index in [1.54, 1.807) is 12.1 Å². The lowest BCUT2D eigenvalue weighted by Gasteiger charge is -2.13. The van der Waals surface area contributed by atoms with E-state index >= 15 is 0 Å². The molecule has 8 heteroatoms. The van der Waals surface area contributed by atoms with Gasteiger partial charge in [-0.05, 0) is 48.7 Å². The van der Waals surface area contributed by atoms with Gasteiger partial charge in [-0.25, -0.2) is 9.69 Å². The van der Waals surface area contributed by atoms with Crippen LogP contribution in [-0.2, 0) is 22.6 Å². The fourth-order valence-corrected chi connectivity index (χ4v) is 4.98. The molecule has 0 saturated carbocycles. The van der Waals surface area contributed by atoms with Gasteiger partial charge in [0.1, 0.15) is 12.2 Å². The number of rotatable bonds is 7. The van der Waals surface area contributed by atoms with Crippen LogP contribution in [0.1, 0.15) is 29.3 Å². The van der Waals surface area contributed by atoms with Crippen molar-refractivity contribution in [2.45, 2.75) is 26.8 Å². The summed E-state index contributed by atoms with van der Waals surface area (Å²) in [7, 11) is 0. The topological polar surface area (TPSA) is 83.4 Å². The third-order valence-electron chi connectivity index (χ3n) is 6.79. The average Bonchev–Trinajstić information content (AvgIpc) is 3.33. The number of nitrogens with one attached hydrogen (secondary N) is 2. The van der Waals surface area contributed by atoms with Crippen molar-refractivity contribution in [2.75, 3.05) is 11.9 Å². The summed E-state index contributed by atoms with van der Waals surface area (Å²) in [6, 6.07) is 22.4. The van der Waals surface area contributed by atoms with Crippen molar-refractivity contribution in [2.24, 2.45) is 0 Å². The molecular formula is C30H27ClN4O3. The Bertz CT molecular complexity index is 1600. The van der Waals surface area contributed by atoms with Crippen molar-refractivity contribution < 1.29 is 14.4 Å². The summed E-state index contributed by atoms with van der Waals surface area (Å²) in [5, 5.41) is 7.08. The number of benzene rings is 3. The van der Waals surface area contributed by atoms with Crippen molar-refractivity contribution in [1.29, 1.82) is 0 Å². The molecule has 0 bridgehead atoms. The minimum Gasteiger partial charge on any atom is -0.340 e. The fraction of sp³-hybridized carbons (Fsp3) is 0.167. The molecule has 1 saturated heterocycles. The highest BCUT2D eigenvalue weighted by Crippen LogP contribution is 2.30. The van der Waals surface area contributed by atoms with Crippen LogP contribution in [0, 0.1) is 6.92 Å². The van der Waals surface area contributed by atoms with Gasteiger partial charge in [0.25, 0.3) is 5.91 Å². The number of aryl methyl sites for hydroxylation is 1. The van der Waals surface area contributed by atoms with Crippen molar-refractivity contribution in [3.8, 4) is 0 Å². The molecule has 1 aliphatic heterocycles. The highest BCUT2D eigenvalue weighted by Gasteiger charge is 2.35. The summed E-state index contributed by atoms with van der Waals surface area (Å²) in [5.41, 5.74) is 5.48. The van der Waals surface area contributed by atoms with Crippen LogP contribution >= 0.6 is 11.6 Å². The number of carbonyl (C=O) groups excluding carboxylic acids is 3. The molecule has 38 heavy (non-hydrogen) atoms. The predicted octanol–water partition coefficient (Wildman–Crippen LogP) is 5.75. The monoisotopic (exact) mass is 526 g/mol. The molecule has 0 atom stereocenters. The van der Waals surface area contributed by atoms with E-state index in [4.69, 9.17) is 11.6 Å². The number of carbonyl (C=O) groups is 3. The Hall–Kier alpha value is -4.36. The zero-order valence-electron chi connectivity index (χ0n) is 21.1. The zero-order valence-corrected chi connectivity index (χ0v) is 21.9. The molecule has 0 unspecified atom stereocenters. The van der Waals surface area contributed by atoms with Crippen molar-refractivity contribution in [1.82, 2.24) is 14.8 Å². The van der Waals surface area contributed by atoms with E-state index in [9.17, 15) is 14.4 Å². The summed E-state index contributed by atoms with van der Waals surface area (Å²) in [4.78, 5) is 39.5. The Morgan fingerprint density at radius 1 is 0.974 bits per heavy atom. The number of aromatic nitrogens is 1. The first-order valence-corrected chi connectivity index (χ1v) is 12.8. The van der Waals surface area contributed by atoms with E-state index in [2.05, 4.69) is 15.2 Å². The Balaban J connectivity index is 1.42. The molecule has 1 aliphatic rings. The van der Waals surface area contributed by atoms with E-state index in [-0.39, 0.29) is 12.2 Å². The highest BCUT2D eigenvalue weighted by atomic mass is 35.5. The molecule has 192 valence electrons. The van der Waals surface area contributed by atoms with Crippen LogP contribution in [0.2, 0.25) is 5.02 Å². The second-order valence-electron chi connectivity index (χ2n) is 9.13. The third kappa shape index (κ3) is 4.80. The SMILES string of the molecule is CCc1ccccc1NC(=O)CN1C(=O)N/C(=C/c2c(C)n(Cc3ccccc3Cl)c3ccccc23)C1=O. The number of imide groups is 1. The number of hydrogen-bond acceptors (Lipinski definition) is 3. The minimum absolute atomic E-state index is 0.125. The van der Waals surface area contributed by atoms with Gasteiger partial charge in [0, 0.05) is 39.4 Å². The van der Waals surface area contributed by atoms with Crippen LogP contribution < -0.4 is 10.6 Å². The molecule has 0 aliphatic carbocycles. The van der Waals surface area contributed by atoms with Gasteiger partial charge in [-0.15, -0.1) is 0 Å². The zero-order chi connectivity index (χ0) is 26.8. The predicted molar refractivity (Wildman–Crippen MR) is 150 cm³/mol. The number of nitrogens with zero attached hydrogens (tertiary/aromatic N) is 2. The average molecular weight is 527 g/mol. The first-order valence-electron chi connectivity index (χ1n) is 12.4. The lowest BCUT2D eigenvalue weighted by atomic mass is 10.1. The molecule has 5 rings (SSSR count). The van der Waals surface area contributed by atoms with E-state index in [1.165, 1.54) is 0 Å². The van der Waals surface area contributed by atoms with Gasteiger partial charge in [0.15, 0.2) is 0 Å². The molecule has 1 aromatic heterocycles. The van der Waals surface area contributed by atoms with Crippen LogP contribution in [0.15, 0.2) is 78.5 Å². The van der Waals surface area contributed by atoms with Crippen LogP contribution in [0.25, 0.3) is 17.0 Å². The maximum absolute atomic E-state index is 13.2. The van der Waals surface area contributed by atoms with E-state index in [0.29, 0.717) is 17.3 Å². The summed E-state index contributed by atoms with van der Waals surface area (Å²) >= 11 is 6.43. The minimum atomic E-state index is -0.627. The van der Waals surface area contributed by atoms with Crippen molar-refractivity contribution in [3.05, 3.63) is 106 Å². The van der Waals surface area contributed by atoms with Crippen LogP contribution in [0.5, 0.6) is 0 Å². The maximum Gasteiger partial charge on any atom is 0.329 e. The van der Waals surface area contributed by atoms with Crippen molar-refractivity contribution in [3.63, 3.8) is 0 Å². The first kappa shape index (κ1) is 25.3. The Labute approximate surface area is 225 Å².